The van der Waals surface area contributed by atoms with E-state index in [2.05, 4.69) is 10.2 Å². The predicted octanol–water partition coefficient (Wildman–Crippen LogP) is 1.47. The zero-order valence-corrected chi connectivity index (χ0v) is 12.0. The van der Waals surface area contributed by atoms with Gasteiger partial charge in [0.2, 0.25) is 5.91 Å². The summed E-state index contributed by atoms with van der Waals surface area (Å²) in [5, 5.41) is 2.40. The van der Waals surface area contributed by atoms with Crippen LogP contribution in [0.2, 0.25) is 0 Å². The molecule has 1 fully saturated rings. The van der Waals surface area contributed by atoms with Gasteiger partial charge in [0, 0.05) is 33.1 Å². The molecular weight excluding hydrogens is 271 g/mol. The van der Waals surface area contributed by atoms with Gasteiger partial charge in [0.05, 0.1) is 6.54 Å². The van der Waals surface area contributed by atoms with E-state index in [1.54, 1.807) is 6.92 Å². The van der Waals surface area contributed by atoms with E-state index >= 15 is 0 Å². The fourth-order valence-electron chi connectivity index (χ4n) is 2.28. The molecule has 0 aromatic heterocycles. The topological polar surface area (TPSA) is 35.6 Å². The summed E-state index contributed by atoms with van der Waals surface area (Å²) in [6.07, 6.45) is -1.43. The molecule has 0 saturated carbocycles. The molecule has 1 saturated heterocycles. The maximum atomic E-state index is 11.9. The quantitative estimate of drug-likeness (QED) is 0.723. The van der Waals surface area contributed by atoms with Crippen LogP contribution in [0.25, 0.3) is 0 Å². The normalized spacial score (nSPS) is 17.5. The molecule has 0 aliphatic carbocycles. The van der Waals surface area contributed by atoms with E-state index < -0.39 is 12.7 Å². The number of alkyl halides is 3. The summed E-state index contributed by atoms with van der Waals surface area (Å²) < 4.78 is 35.6. The fraction of sp³-hybridized carbons (Fsp3) is 0.923. The lowest BCUT2D eigenvalue weighted by atomic mass is 10.2. The van der Waals surface area contributed by atoms with Crippen LogP contribution >= 0.6 is 0 Å². The summed E-state index contributed by atoms with van der Waals surface area (Å²) in [7, 11) is 0. The first-order valence-electron chi connectivity index (χ1n) is 7.14. The SMILES string of the molecule is CC(=O)N1CCN(CCCCCNCC(F)(F)F)CC1. The predicted molar refractivity (Wildman–Crippen MR) is 71.5 cm³/mol. The molecule has 1 heterocycles. The summed E-state index contributed by atoms with van der Waals surface area (Å²) in [5.41, 5.74) is 0. The number of hydrogen-bond donors (Lipinski definition) is 1. The van der Waals surface area contributed by atoms with E-state index in [1.165, 1.54) is 0 Å². The van der Waals surface area contributed by atoms with Crippen molar-refractivity contribution in [1.29, 1.82) is 0 Å². The van der Waals surface area contributed by atoms with Crippen LogP contribution in [0.5, 0.6) is 0 Å². The molecule has 0 atom stereocenters. The minimum Gasteiger partial charge on any atom is -0.340 e. The molecule has 4 nitrogen and oxygen atoms in total. The minimum absolute atomic E-state index is 0.125. The molecule has 1 rings (SSSR count). The molecule has 0 unspecified atom stereocenters. The molecule has 20 heavy (non-hydrogen) atoms. The maximum absolute atomic E-state index is 11.9. The lowest BCUT2D eigenvalue weighted by Gasteiger charge is -2.34. The Bertz CT molecular complexity index is 289. The van der Waals surface area contributed by atoms with Crippen molar-refractivity contribution in [2.24, 2.45) is 0 Å². The zero-order valence-electron chi connectivity index (χ0n) is 12.0. The Morgan fingerprint density at radius 3 is 2.30 bits per heavy atom. The van der Waals surface area contributed by atoms with Gasteiger partial charge in [-0.2, -0.15) is 13.2 Å². The maximum Gasteiger partial charge on any atom is 0.401 e. The summed E-state index contributed by atoms with van der Waals surface area (Å²) in [5.74, 6) is 0.125. The summed E-state index contributed by atoms with van der Waals surface area (Å²) in [6.45, 7) is 5.41. The zero-order chi connectivity index (χ0) is 15.0. The fourth-order valence-corrected chi connectivity index (χ4v) is 2.28. The molecule has 0 aromatic carbocycles. The highest BCUT2D eigenvalue weighted by Gasteiger charge is 2.25. The van der Waals surface area contributed by atoms with Gasteiger partial charge in [-0.1, -0.05) is 6.42 Å². The third-order valence-electron chi connectivity index (χ3n) is 3.47. The first-order chi connectivity index (χ1) is 9.38. The number of halogens is 3. The van der Waals surface area contributed by atoms with Crippen molar-refractivity contribution in [3.8, 4) is 0 Å². The minimum atomic E-state index is -4.11. The average Bonchev–Trinajstić information content (AvgIpc) is 2.37. The highest BCUT2D eigenvalue weighted by molar-refractivity contribution is 5.73. The molecule has 0 bridgehead atoms. The number of unbranched alkanes of at least 4 members (excludes halogenated alkanes) is 2. The van der Waals surface area contributed by atoms with Crippen LogP contribution in [0.15, 0.2) is 0 Å². The number of piperazine rings is 1. The van der Waals surface area contributed by atoms with Crippen molar-refractivity contribution in [3.63, 3.8) is 0 Å². The van der Waals surface area contributed by atoms with Crippen molar-refractivity contribution in [1.82, 2.24) is 15.1 Å². The largest absolute Gasteiger partial charge is 0.401 e. The summed E-state index contributed by atoms with van der Waals surface area (Å²) in [6, 6.07) is 0. The highest BCUT2D eigenvalue weighted by atomic mass is 19.4. The second-order valence-corrected chi connectivity index (χ2v) is 5.20. The molecule has 118 valence electrons. The molecule has 1 N–H and O–H groups in total. The Balaban J connectivity index is 1.94. The Hall–Kier alpha value is -0.820. The van der Waals surface area contributed by atoms with Crippen LogP contribution in [0.3, 0.4) is 0 Å². The number of amides is 1. The molecule has 0 aromatic rings. The Kier molecular flexibility index (Phi) is 7.29. The van der Waals surface area contributed by atoms with E-state index in [4.69, 9.17) is 0 Å². The van der Waals surface area contributed by atoms with Gasteiger partial charge in [-0.3, -0.25) is 9.69 Å². The van der Waals surface area contributed by atoms with E-state index in [-0.39, 0.29) is 5.91 Å². The Morgan fingerprint density at radius 2 is 1.75 bits per heavy atom. The van der Waals surface area contributed by atoms with Crippen LogP contribution in [-0.4, -0.2) is 67.7 Å². The molecule has 7 heteroatoms. The van der Waals surface area contributed by atoms with E-state index in [9.17, 15) is 18.0 Å². The molecule has 0 radical (unpaired) electrons. The van der Waals surface area contributed by atoms with Gasteiger partial charge >= 0.3 is 6.18 Å². The third-order valence-corrected chi connectivity index (χ3v) is 3.47. The number of hydrogen-bond acceptors (Lipinski definition) is 3. The second kappa shape index (κ2) is 8.46. The smallest absolute Gasteiger partial charge is 0.340 e. The Labute approximate surface area is 118 Å². The number of rotatable bonds is 7. The van der Waals surface area contributed by atoms with E-state index in [1.807, 2.05) is 4.90 Å². The van der Waals surface area contributed by atoms with Crippen molar-refractivity contribution in [2.45, 2.75) is 32.4 Å². The second-order valence-electron chi connectivity index (χ2n) is 5.20. The lowest BCUT2D eigenvalue weighted by molar-refractivity contribution is -0.130. The van der Waals surface area contributed by atoms with Gasteiger partial charge in [-0.05, 0) is 25.9 Å². The van der Waals surface area contributed by atoms with Gasteiger partial charge in [-0.15, -0.1) is 0 Å². The van der Waals surface area contributed by atoms with E-state index in [0.29, 0.717) is 6.54 Å². The lowest BCUT2D eigenvalue weighted by Crippen LogP contribution is -2.48. The molecule has 1 amide bonds. The first-order valence-corrected chi connectivity index (χ1v) is 7.14. The number of nitrogens with one attached hydrogen (secondary N) is 1. The van der Waals surface area contributed by atoms with Crippen molar-refractivity contribution in [2.75, 3.05) is 45.8 Å². The van der Waals surface area contributed by atoms with Gasteiger partial charge < -0.3 is 10.2 Å². The molecule has 1 aliphatic heterocycles. The average molecular weight is 295 g/mol. The number of nitrogens with zero attached hydrogens (tertiary/aromatic N) is 2. The monoisotopic (exact) mass is 295 g/mol. The van der Waals surface area contributed by atoms with Gasteiger partial charge in [0.15, 0.2) is 0 Å². The summed E-state index contributed by atoms with van der Waals surface area (Å²) in [4.78, 5) is 15.3. The van der Waals surface area contributed by atoms with Crippen LogP contribution in [-0.2, 0) is 4.79 Å². The van der Waals surface area contributed by atoms with Crippen LogP contribution in [0, 0.1) is 0 Å². The van der Waals surface area contributed by atoms with Crippen molar-refractivity contribution >= 4 is 5.91 Å². The van der Waals surface area contributed by atoms with Crippen LogP contribution in [0.1, 0.15) is 26.2 Å². The Morgan fingerprint density at radius 1 is 1.10 bits per heavy atom. The van der Waals surface area contributed by atoms with Gasteiger partial charge in [-0.25, -0.2) is 0 Å². The van der Waals surface area contributed by atoms with Crippen LogP contribution < -0.4 is 5.32 Å². The standard InChI is InChI=1S/C13H24F3N3O/c1-12(20)19-9-7-18(8-10-19)6-4-2-3-5-17-11-13(14,15)16/h17H,2-11H2,1H3. The van der Waals surface area contributed by atoms with E-state index in [0.717, 1.165) is 52.0 Å². The summed E-state index contributed by atoms with van der Waals surface area (Å²) >= 11 is 0. The van der Waals surface area contributed by atoms with Crippen LogP contribution in [0.4, 0.5) is 13.2 Å². The number of carbonyl (C=O) groups is 1. The number of carbonyl (C=O) groups excluding carboxylic acids is 1. The molecule has 1 aliphatic rings. The van der Waals surface area contributed by atoms with Gasteiger partial charge in [0.1, 0.15) is 0 Å². The van der Waals surface area contributed by atoms with Crippen molar-refractivity contribution in [3.05, 3.63) is 0 Å². The first kappa shape index (κ1) is 17.2. The van der Waals surface area contributed by atoms with Crippen molar-refractivity contribution < 1.29 is 18.0 Å². The molecule has 0 spiro atoms. The van der Waals surface area contributed by atoms with Gasteiger partial charge in [0.25, 0.3) is 0 Å². The molecular formula is C13H24F3N3O. The third kappa shape index (κ3) is 7.69. The highest BCUT2D eigenvalue weighted by Crippen LogP contribution is 2.12.